The van der Waals surface area contributed by atoms with E-state index in [-0.39, 0.29) is 30.4 Å². The first kappa shape index (κ1) is 23.0. The summed E-state index contributed by atoms with van der Waals surface area (Å²) in [6.45, 7) is 0. The number of amides is 1. The molecule has 3 nitrogen and oxygen atoms in total. The van der Waals surface area contributed by atoms with Crippen molar-refractivity contribution in [1.29, 1.82) is 0 Å². The summed E-state index contributed by atoms with van der Waals surface area (Å²) in [6, 6.07) is 15.4. The topological polar surface area (TPSA) is 32.3 Å². The highest BCUT2D eigenvalue weighted by Gasteiger charge is 2.36. The van der Waals surface area contributed by atoms with E-state index in [1.165, 1.54) is 0 Å². The Labute approximate surface area is 183 Å². The van der Waals surface area contributed by atoms with Gasteiger partial charge in [0.2, 0.25) is 0 Å². The summed E-state index contributed by atoms with van der Waals surface area (Å²) in [5, 5.41) is 4.52. The second-order valence-corrected chi connectivity index (χ2v) is 8.25. The monoisotopic (exact) mass is 440 g/mol. The van der Waals surface area contributed by atoms with Gasteiger partial charge in [0.05, 0.1) is 10.6 Å². The van der Waals surface area contributed by atoms with Crippen molar-refractivity contribution < 1.29 is 4.79 Å². The smallest absolute Gasteiger partial charge is 0.253 e. The fourth-order valence-electron chi connectivity index (χ4n) is 4.21. The molecule has 2 aromatic rings. The average molecular weight is 442 g/mol. The maximum absolute atomic E-state index is 12.8. The van der Waals surface area contributed by atoms with Crippen LogP contribution in [0.25, 0.3) is 0 Å². The van der Waals surface area contributed by atoms with E-state index in [1.54, 1.807) is 12.1 Å². The number of halogens is 3. The predicted octanol–water partition coefficient (Wildman–Crippen LogP) is 6.01. The molecule has 1 unspecified atom stereocenters. The van der Waals surface area contributed by atoms with Crippen molar-refractivity contribution in [2.45, 2.75) is 37.8 Å². The number of carbonyl (C=O) groups excluding carboxylic acids is 1. The first-order chi connectivity index (χ1) is 13.0. The van der Waals surface area contributed by atoms with Gasteiger partial charge in [-0.2, -0.15) is 0 Å². The molecular formula is C22H27Cl3N2O. The molecule has 1 N–H and O–H groups in total. The van der Waals surface area contributed by atoms with Gasteiger partial charge in [-0.1, -0.05) is 66.4 Å². The van der Waals surface area contributed by atoms with Gasteiger partial charge in [-0.25, -0.2) is 0 Å². The van der Waals surface area contributed by atoms with E-state index >= 15 is 0 Å². The summed E-state index contributed by atoms with van der Waals surface area (Å²) >= 11 is 12.7. The highest BCUT2D eigenvalue weighted by Crippen LogP contribution is 2.40. The van der Waals surface area contributed by atoms with Crippen LogP contribution in [0.3, 0.4) is 0 Å². The van der Waals surface area contributed by atoms with Gasteiger partial charge in [0.25, 0.3) is 5.91 Å². The number of nitrogens with zero attached hydrogens (tertiary/aromatic N) is 1. The molecule has 0 heterocycles. The number of rotatable bonds is 5. The summed E-state index contributed by atoms with van der Waals surface area (Å²) in [4.78, 5) is 15.1. The lowest BCUT2D eigenvalue weighted by Crippen LogP contribution is -2.47. The zero-order valence-corrected chi connectivity index (χ0v) is 18.5. The van der Waals surface area contributed by atoms with Crippen LogP contribution in [0.1, 0.15) is 47.6 Å². The molecule has 0 bridgehead atoms. The second-order valence-electron chi connectivity index (χ2n) is 7.44. The molecule has 6 heteroatoms. The molecule has 1 fully saturated rings. The van der Waals surface area contributed by atoms with E-state index in [9.17, 15) is 4.79 Å². The summed E-state index contributed by atoms with van der Waals surface area (Å²) in [6.07, 6.45) is 4.31. The van der Waals surface area contributed by atoms with E-state index in [0.29, 0.717) is 16.5 Å². The van der Waals surface area contributed by atoms with Crippen molar-refractivity contribution in [2.24, 2.45) is 5.92 Å². The van der Waals surface area contributed by atoms with Gasteiger partial charge in [0, 0.05) is 17.1 Å². The lowest BCUT2D eigenvalue weighted by atomic mass is 9.77. The molecule has 0 saturated heterocycles. The number of hydrogen-bond donors (Lipinski definition) is 1. The Hall–Kier alpha value is -1.26. The van der Waals surface area contributed by atoms with Crippen molar-refractivity contribution in [3.8, 4) is 0 Å². The molecule has 1 aliphatic carbocycles. The van der Waals surface area contributed by atoms with Gasteiger partial charge in [-0.05, 0) is 56.6 Å². The van der Waals surface area contributed by atoms with Crippen LogP contribution in [0.5, 0.6) is 0 Å². The Morgan fingerprint density at radius 2 is 1.61 bits per heavy atom. The maximum Gasteiger partial charge on any atom is 0.253 e. The predicted molar refractivity (Wildman–Crippen MR) is 120 cm³/mol. The SMILES string of the molecule is CN(C)C(c1ccccc1Cl)[C@H]1CCCC[C@H]1NC(=O)c1ccccc1Cl.Cl. The standard InChI is InChI=1S/C22H26Cl2N2O.ClH/c1-26(2)21(15-9-3-6-12-18(15)23)17-11-5-8-14-20(17)25-22(27)16-10-4-7-13-19(16)24;/h3-4,6-7,9-10,12-13,17,20-21H,5,8,11,14H2,1-2H3,(H,25,27);1H/t17-,20+,21?;/m0./s1. The van der Waals surface area contributed by atoms with Crippen LogP contribution in [-0.4, -0.2) is 30.9 Å². The van der Waals surface area contributed by atoms with Crippen molar-refractivity contribution in [3.05, 3.63) is 69.7 Å². The van der Waals surface area contributed by atoms with Crippen LogP contribution < -0.4 is 5.32 Å². The van der Waals surface area contributed by atoms with Crippen LogP contribution in [-0.2, 0) is 0 Å². The lowest BCUT2D eigenvalue weighted by Gasteiger charge is -2.41. The van der Waals surface area contributed by atoms with Gasteiger partial charge >= 0.3 is 0 Å². The Balaban J connectivity index is 0.00000280. The lowest BCUT2D eigenvalue weighted by molar-refractivity contribution is 0.0846. The highest BCUT2D eigenvalue weighted by molar-refractivity contribution is 6.33. The van der Waals surface area contributed by atoms with E-state index in [2.05, 4.69) is 30.4 Å². The number of hydrogen-bond acceptors (Lipinski definition) is 2. The largest absolute Gasteiger partial charge is 0.349 e. The fraction of sp³-hybridized carbons (Fsp3) is 0.409. The molecule has 0 radical (unpaired) electrons. The molecular weight excluding hydrogens is 415 g/mol. The molecule has 1 saturated carbocycles. The van der Waals surface area contributed by atoms with Crippen molar-refractivity contribution in [2.75, 3.05) is 14.1 Å². The van der Waals surface area contributed by atoms with Crippen molar-refractivity contribution in [1.82, 2.24) is 10.2 Å². The molecule has 0 spiro atoms. The third-order valence-corrected chi connectivity index (χ3v) is 6.11. The zero-order valence-electron chi connectivity index (χ0n) is 16.2. The van der Waals surface area contributed by atoms with E-state index < -0.39 is 0 Å². The second kappa shape index (κ2) is 10.5. The van der Waals surface area contributed by atoms with E-state index in [0.717, 1.165) is 36.3 Å². The van der Waals surface area contributed by atoms with Gasteiger partial charge in [-0.15, -0.1) is 12.4 Å². The number of benzene rings is 2. The number of carbonyl (C=O) groups is 1. The fourth-order valence-corrected chi connectivity index (χ4v) is 4.68. The zero-order chi connectivity index (χ0) is 19.4. The number of nitrogens with one attached hydrogen (secondary N) is 1. The molecule has 0 aliphatic heterocycles. The van der Waals surface area contributed by atoms with Crippen molar-refractivity contribution in [3.63, 3.8) is 0 Å². The van der Waals surface area contributed by atoms with Gasteiger partial charge in [0.1, 0.15) is 0 Å². The Kier molecular flexibility index (Phi) is 8.63. The van der Waals surface area contributed by atoms with Crippen molar-refractivity contribution >= 4 is 41.5 Å². The molecule has 3 rings (SSSR count). The summed E-state index contributed by atoms with van der Waals surface area (Å²) in [7, 11) is 4.16. The average Bonchev–Trinajstić information content (AvgIpc) is 2.65. The Bertz CT molecular complexity index is 797. The van der Waals surface area contributed by atoms with Crippen LogP contribution >= 0.6 is 35.6 Å². The minimum Gasteiger partial charge on any atom is -0.349 e. The molecule has 1 aliphatic rings. The van der Waals surface area contributed by atoms with Crippen LogP contribution in [0, 0.1) is 5.92 Å². The normalized spacial score (nSPS) is 20.3. The first-order valence-electron chi connectivity index (χ1n) is 9.45. The molecule has 1 amide bonds. The van der Waals surface area contributed by atoms with E-state index in [1.807, 2.05) is 30.3 Å². The Morgan fingerprint density at radius 3 is 2.25 bits per heavy atom. The molecule has 3 atom stereocenters. The molecule has 2 aromatic carbocycles. The minimum absolute atomic E-state index is 0. The Morgan fingerprint density at radius 1 is 1.00 bits per heavy atom. The summed E-state index contributed by atoms with van der Waals surface area (Å²) in [5.41, 5.74) is 1.65. The van der Waals surface area contributed by atoms with Crippen LogP contribution in [0.4, 0.5) is 0 Å². The first-order valence-corrected chi connectivity index (χ1v) is 10.2. The third-order valence-electron chi connectivity index (χ3n) is 5.44. The summed E-state index contributed by atoms with van der Waals surface area (Å²) < 4.78 is 0. The molecule has 152 valence electrons. The van der Waals surface area contributed by atoms with Crippen LogP contribution in [0.2, 0.25) is 10.0 Å². The van der Waals surface area contributed by atoms with Gasteiger partial charge in [-0.3, -0.25) is 4.79 Å². The van der Waals surface area contributed by atoms with Gasteiger partial charge in [0.15, 0.2) is 0 Å². The quantitative estimate of drug-likeness (QED) is 0.616. The molecule has 28 heavy (non-hydrogen) atoms. The highest BCUT2D eigenvalue weighted by atomic mass is 35.5. The van der Waals surface area contributed by atoms with Gasteiger partial charge < -0.3 is 10.2 Å². The van der Waals surface area contributed by atoms with Crippen LogP contribution in [0.15, 0.2) is 48.5 Å². The van der Waals surface area contributed by atoms with E-state index in [4.69, 9.17) is 23.2 Å². The molecule has 0 aromatic heterocycles. The maximum atomic E-state index is 12.8. The third kappa shape index (κ3) is 5.21. The summed E-state index contributed by atoms with van der Waals surface area (Å²) in [5.74, 6) is 0.189. The minimum atomic E-state index is -0.103.